The van der Waals surface area contributed by atoms with Gasteiger partial charge in [0.1, 0.15) is 5.82 Å². The SMILES string of the molecule is Cc1nc(CNC(=O)C[C@@H]2C(=O)NCCN2Cc2ccoc2)n[nH]1. The van der Waals surface area contributed by atoms with E-state index in [1.807, 2.05) is 11.0 Å². The Balaban J connectivity index is 1.57. The van der Waals surface area contributed by atoms with E-state index in [0.29, 0.717) is 31.3 Å². The molecule has 0 radical (unpaired) electrons. The molecule has 9 heteroatoms. The van der Waals surface area contributed by atoms with Crippen LogP contribution in [0.1, 0.15) is 23.6 Å². The predicted molar refractivity (Wildman–Crippen MR) is 83.5 cm³/mol. The largest absolute Gasteiger partial charge is 0.472 e. The number of aromatic amines is 1. The third-order valence-corrected chi connectivity index (χ3v) is 3.87. The number of hydrogen-bond donors (Lipinski definition) is 3. The Morgan fingerprint density at radius 1 is 1.54 bits per heavy atom. The van der Waals surface area contributed by atoms with Crippen LogP contribution in [-0.4, -0.2) is 51.0 Å². The van der Waals surface area contributed by atoms with Gasteiger partial charge in [-0.1, -0.05) is 0 Å². The number of rotatable bonds is 6. The molecule has 1 atom stereocenters. The van der Waals surface area contributed by atoms with Gasteiger partial charge in [0, 0.05) is 25.2 Å². The van der Waals surface area contributed by atoms with Crippen LogP contribution in [0.15, 0.2) is 23.0 Å². The molecular weight excluding hydrogens is 312 g/mol. The zero-order valence-electron chi connectivity index (χ0n) is 13.4. The Bertz CT molecular complexity index is 696. The number of H-pyrrole nitrogens is 1. The van der Waals surface area contributed by atoms with E-state index in [2.05, 4.69) is 25.8 Å². The van der Waals surface area contributed by atoms with Crippen LogP contribution < -0.4 is 10.6 Å². The van der Waals surface area contributed by atoms with Gasteiger partial charge in [-0.25, -0.2) is 4.98 Å². The van der Waals surface area contributed by atoms with Crippen molar-refractivity contribution in [3.05, 3.63) is 35.8 Å². The minimum Gasteiger partial charge on any atom is -0.472 e. The summed E-state index contributed by atoms with van der Waals surface area (Å²) < 4.78 is 5.07. The van der Waals surface area contributed by atoms with Crippen LogP contribution >= 0.6 is 0 Å². The Kier molecular flexibility index (Phi) is 4.90. The fourth-order valence-electron chi connectivity index (χ4n) is 2.68. The van der Waals surface area contributed by atoms with E-state index in [-0.39, 0.29) is 24.8 Å². The minimum absolute atomic E-state index is 0.0904. The monoisotopic (exact) mass is 332 g/mol. The van der Waals surface area contributed by atoms with Gasteiger partial charge in [0.15, 0.2) is 5.82 Å². The maximum absolute atomic E-state index is 12.2. The Labute approximate surface area is 138 Å². The highest BCUT2D eigenvalue weighted by molar-refractivity contribution is 5.88. The van der Waals surface area contributed by atoms with Crippen molar-refractivity contribution >= 4 is 11.8 Å². The lowest BCUT2D eigenvalue weighted by atomic mass is 10.1. The number of carbonyl (C=O) groups is 2. The van der Waals surface area contributed by atoms with E-state index in [4.69, 9.17) is 4.42 Å². The smallest absolute Gasteiger partial charge is 0.237 e. The van der Waals surface area contributed by atoms with Crippen molar-refractivity contribution in [2.75, 3.05) is 13.1 Å². The summed E-state index contributed by atoms with van der Waals surface area (Å²) in [5.74, 6) is 0.867. The molecule has 1 fully saturated rings. The second-order valence-electron chi connectivity index (χ2n) is 5.73. The van der Waals surface area contributed by atoms with Crippen molar-refractivity contribution in [1.82, 2.24) is 30.7 Å². The lowest BCUT2D eigenvalue weighted by molar-refractivity contribution is -0.134. The average molecular weight is 332 g/mol. The fourth-order valence-corrected chi connectivity index (χ4v) is 2.68. The summed E-state index contributed by atoms with van der Waals surface area (Å²) in [6, 6.07) is 1.36. The summed E-state index contributed by atoms with van der Waals surface area (Å²) in [5.41, 5.74) is 0.978. The standard InChI is InChI=1S/C15H20N6O3/c1-10-18-13(20-19-10)7-17-14(22)6-12-15(23)16-3-4-21(12)8-11-2-5-24-9-11/h2,5,9,12H,3-4,6-8H2,1H3,(H,16,23)(H,17,22)(H,18,19,20)/t12-/m1/s1. The number of aryl methyl sites for hydroxylation is 1. The molecule has 128 valence electrons. The van der Waals surface area contributed by atoms with Crippen molar-refractivity contribution in [2.24, 2.45) is 0 Å². The molecule has 0 spiro atoms. The van der Waals surface area contributed by atoms with Crippen LogP contribution in [-0.2, 0) is 22.7 Å². The topological polar surface area (TPSA) is 116 Å². The number of amides is 2. The van der Waals surface area contributed by atoms with Gasteiger partial charge in [0.05, 0.1) is 31.5 Å². The van der Waals surface area contributed by atoms with Gasteiger partial charge < -0.3 is 15.1 Å². The lowest BCUT2D eigenvalue weighted by Gasteiger charge is -2.34. The van der Waals surface area contributed by atoms with E-state index in [9.17, 15) is 9.59 Å². The summed E-state index contributed by atoms with van der Waals surface area (Å²) in [6.07, 6.45) is 3.34. The van der Waals surface area contributed by atoms with Crippen molar-refractivity contribution in [1.29, 1.82) is 0 Å². The number of furan rings is 1. The molecule has 2 aromatic rings. The lowest BCUT2D eigenvalue weighted by Crippen LogP contribution is -2.56. The highest BCUT2D eigenvalue weighted by atomic mass is 16.3. The van der Waals surface area contributed by atoms with Gasteiger partial charge >= 0.3 is 0 Å². The summed E-state index contributed by atoms with van der Waals surface area (Å²) in [4.78, 5) is 30.5. The van der Waals surface area contributed by atoms with Crippen molar-refractivity contribution in [2.45, 2.75) is 32.5 Å². The fraction of sp³-hybridized carbons (Fsp3) is 0.467. The first-order chi connectivity index (χ1) is 11.6. The van der Waals surface area contributed by atoms with Gasteiger partial charge in [-0.15, -0.1) is 0 Å². The number of nitrogens with one attached hydrogen (secondary N) is 3. The van der Waals surface area contributed by atoms with Crippen LogP contribution in [0.3, 0.4) is 0 Å². The first-order valence-corrected chi connectivity index (χ1v) is 7.79. The molecule has 24 heavy (non-hydrogen) atoms. The molecule has 0 unspecified atom stereocenters. The first kappa shape index (κ1) is 16.2. The minimum atomic E-state index is -0.498. The van der Waals surface area contributed by atoms with E-state index in [1.165, 1.54) is 0 Å². The summed E-state index contributed by atoms with van der Waals surface area (Å²) in [6.45, 7) is 3.86. The van der Waals surface area contributed by atoms with Gasteiger partial charge in [-0.3, -0.25) is 19.6 Å². The predicted octanol–water partition coefficient (Wildman–Crippen LogP) is -0.287. The molecule has 3 heterocycles. The highest BCUT2D eigenvalue weighted by Crippen LogP contribution is 2.14. The maximum atomic E-state index is 12.2. The third-order valence-electron chi connectivity index (χ3n) is 3.87. The van der Waals surface area contributed by atoms with Crippen LogP contribution in [0.25, 0.3) is 0 Å². The molecule has 3 rings (SSSR count). The van der Waals surface area contributed by atoms with Crippen LogP contribution in [0.4, 0.5) is 0 Å². The molecule has 1 aliphatic heterocycles. The Morgan fingerprint density at radius 2 is 2.42 bits per heavy atom. The second-order valence-corrected chi connectivity index (χ2v) is 5.73. The zero-order chi connectivity index (χ0) is 16.9. The molecule has 9 nitrogen and oxygen atoms in total. The third kappa shape index (κ3) is 3.99. The van der Waals surface area contributed by atoms with Crippen LogP contribution in [0, 0.1) is 6.92 Å². The van der Waals surface area contributed by atoms with Crippen LogP contribution in [0.5, 0.6) is 0 Å². The molecule has 0 aromatic carbocycles. The summed E-state index contributed by atoms with van der Waals surface area (Å²) in [7, 11) is 0. The molecule has 0 aliphatic carbocycles. The molecule has 1 saturated heterocycles. The Hall–Kier alpha value is -2.68. The van der Waals surface area contributed by atoms with Crippen molar-refractivity contribution < 1.29 is 14.0 Å². The summed E-state index contributed by atoms with van der Waals surface area (Å²) >= 11 is 0. The molecule has 2 amide bonds. The maximum Gasteiger partial charge on any atom is 0.237 e. The number of carbonyl (C=O) groups excluding carboxylic acids is 2. The molecule has 1 aliphatic rings. The van der Waals surface area contributed by atoms with Gasteiger partial charge in [-0.2, -0.15) is 5.10 Å². The number of hydrogen-bond acceptors (Lipinski definition) is 6. The van der Waals surface area contributed by atoms with E-state index < -0.39 is 6.04 Å². The summed E-state index contributed by atoms with van der Waals surface area (Å²) in [5, 5.41) is 12.2. The Morgan fingerprint density at radius 3 is 3.12 bits per heavy atom. The van der Waals surface area contributed by atoms with Crippen molar-refractivity contribution in [3.8, 4) is 0 Å². The van der Waals surface area contributed by atoms with E-state index in [0.717, 1.165) is 5.56 Å². The molecular formula is C15H20N6O3. The molecule has 0 bridgehead atoms. The molecule has 0 saturated carbocycles. The van der Waals surface area contributed by atoms with Crippen LogP contribution in [0.2, 0.25) is 0 Å². The second kappa shape index (κ2) is 7.26. The molecule has 2 aromatic heterocycles. The number of nitrogens with zero attached hydrogens (tertiary/aromatic N) is 3. The average Bonchev–Trinajstić information content (AvgIpc) is 3.20. The highest BCUT2D eigenvalue weighted by Gasteiger charge is 2.31. The zero-order valence-corrected chi connectivity index (χ0v) is 13.4. The number of piperazine rings is 1. The van der Waals surface area contributed by atoms with Gasteiger partial charge in [0.25, 0.3) is 0 Å². The van der Waals surface area contributed by atoms with Crippen molar-refractivity contribution in [3.63, 3.8) is 0 Å². The van der Waals surface area contributed by atoms with Gasteiger partial charge in [-0.05, 0) is 13.0 Å². The normalized spacial score (nSPS) is 18.4. The van der Waals surface area contributed by atoms with E-state index in [1.54, 1.807) is 19.5 Å². The first-order valence-electron chi connectivity index (χ1n) is 7.79. The van der Waals surface area contributed by atoms with E-state index >= 15 is 0 Å². The van der Waals surface area contributed by atoms with Gasteiger partial charge in [0.2, 0.25) is 11.8 Å². The quantitative estimate of drug-likeness (QED) is 0.669. The molecule has 3 N–H and O–H groups in total. The number of aromatic nitrogens is 3.